The smallest absolute Gasteiger partial charge is 0.258 e. The number of ether oxygens (including phenoxy) is 2. The zero-order valence-electron chi connectivity index (χ0n) is 16.1. The van der Waals surface area contributed by atoms with Crippen molar-refractivity contribution in [2.24, 2.45) is 0 Å². The van der Waals surface area contributed by atoms with E-state index in [1.54, 1.807) is 56.9 Å². The first kappa shape index (κ1) is 20.8. The number of carbonyl (C=O) groups excluding carboxylic acids is 1. The van der Waals surface area contributed by atoms with Crippen LogP contribution >= 0.6 is 11.3 Å². The molecule has 0 aliphatic rings. The minimum absolute atomic E-state index is 0.00578. The van der Waals surface area contributed by atoms with Crippen LogP contribution in [0.15, 0.2) is 52.7 Å². The van der Waals surface area contributed by atoms with Gasteiger partial charge in [0, 0.05) is 10.9 Å². The lowest BCUT2D eigenvalue weighted by molar-refractivity contribution is 0.102. The number of rotatable bonds is 7. The summed E-state index contributed by atoms with van der Waals surface area (Å²) in [4.78, 5) is 17.2. The van der Waals surface area contributed by atoms with Gasteiger partial charge in [-0.25, -0.2) is 13.4 Å². The third-order valence-corrected chi connectivity index (χ3v) is 6.80. The maximum atomic E-state index is 12.7. The molecule has 3 rings (SSSR count). The third kappa shape index (κ3) is 4.41. The minimum atomic E-state index is -3.53. The maximum Gasteiger partial charge on any atom is 0.258 e. The van der Waals surface area contributed by atoms with Crippen LogP contribution < -0.4 is 14.8 Å². The number of hydrogen-bond acceptors (Lipinski definition) is 7. The highest BCUT2D eigenvalue weighted by Crippen LogP contribution is 2.35. The molecule has 29 heavy (non-hydrogen) atoms. The van der Waals surface area contributed by atoms with Crippen molar-refractivity contribution >= 4 is 32.2 Å². The van der Waals surface area contributed by atoms with E-state index in [1.165, 1.54) is 23.5 Å². The van der Waals surface area contributed by atoms with Gasteiger partial charge in [-0.1, -0.05) is 19.1 Å². The number of carbonyl (C=O) groups is 1. The Labute approximate surface area is 173 Å². The fourth-order valence-corrected chi connectivity index (χ4v) is 4.51. The fraction of sp³-hybridized carbons (Fsp3) is 0.200. The molecule has 3 aromatic rings. The number of nitrogens with zero attached hydrogens (tertiary/aromatic N) is 1. The van der Waals surface area contributed by atoms with E-state index in [2.05, 4.69) is 10.3 Å². The Bertz CT molecular complexity index is 1140. The number of anilines is 1. The largest absolute Gasteiger partial charge is 0.497 e. The van der Waals surface area contributed by atoms with Gasteiger partial charge in [0.15, 0.2) is 15.0 Å². The molecule has 0 fully saturated rings. The van der Waals surface area contributed by atoms with Crippen LogP contribution in [0, 0.1) is 0 Å². The summed E-state index contributed by atoms with van der Waals surface area (Å²) >= 11 is 1.23. The van der Waals surface area contributed by atoms with Gasteiger partial charge in [0.25, 0.3) is 5.91 Å². The van der Waals surface area contributed by atoms with Crippen molar-refractivity contribution in [2.75, 3.05) is 25.3 Å². The second-order valence-corrected chi connectivity index (χ2v) is 9.06. The van der Waals surface area contributed by atoms with Crippen molar-refractivity contribution in [3.05, 3.63) is 53.4 Å². The van der Waals surface area contributed by atoms with Gasteiger partial charge >= 0.3 is 0 Å². The van der Waals surface area contributed by atoms with E-state index in [0.29, 0.717) is 22.3 Å². The van der Waals surface area contributed by atoms with Crippen LogP contribution in [0.5, 0.6) is 11.5 Å². The molecular weight excluding hydrogens is 412 g/mol. The number of methoxy groups -OCH3 is 2. The van der Waals surface area contributed by atoms with Crippen LogP contribution in [0.2, 0.25) is 0 Å². The summed E-state index contributed by atoms with van der Waals surface area (Å²) in [6.07, 6.45) is 0. The molecule has 7 nitrogen and oxygen atoms in total. The molecule has 152 valence electrons. The van der Waals surface area contributed by atoms with Crippen molar-refractivity contribution in [2.45, 2.75) is 11.8 Å². The molecule has 1 amide bonds. The monoisotopic (exact) mass is 432 g/mol. The van der Waals surface area contributed by atoms with E-state index in [1.807, 2.05) is 0 Å². The van der Waals surface area contributed by atoms with Gasteiger partial charge in [-0.15, -0.1) is 11.3 Å². The summed E-state index contributed by atoms with van der Waals surface area (Å²) in [7, 11) is -0.398. The number of aromatic nitrogens is 1. The Hall–Kier alpha value is -2.91. The molecule has 0 aliphatic carbocycles. The molecule has 0 bridgehead atoms. The van der Waals surface area contributed by atoms with E-state index in [-0.39, 0.29) is 16.2 Å². The first-order chi connectivity index (χ1) is 13.9. The molecule has 0 atom stereocenters. The van der Waals surface area contributed by atoms with Crippen LogP contribution in [0.25, 0.3) is 11.3 Å². The van der Waals surface area contributed by atoms with Crippen molar-refractivity contribution in [1.29, 1.82) is 0 Å². The molecule has 0 saturated carbocycles. The van der Waals surface area contributed by atoms with Gasteiger partial charge in [0.05, 0.1) is 36.1 Å². The highest BCUT2D eigenvalue weighted by molar-refractivity contribution is 7.91. The Morgan fingerprint density at radius 1 is 1.14 bits per heavy atom. The first-order valence-electron chi connectivity index (χ1n) is 8.70. The third-order valence-electron chi connectivity index (χ3n) is 4.25. The summed E-state index contributed by atoms with van der Waals surface area (Å²) in [5, 5.41) is 4.81. The summed E-state index contributed by atoms with van der Waals surface area (Å²) in [5.74, 6) is 0.650. The topological polar surface area (TPSA) is 94.6 Å². The molecule has 1 aromatic heterocycles. The number of hydrogen-bond donors (Lipinski definition) is 1. The average Bonchev–Trinajstić information content (AvgIpc) is 3.21. The standard InChI is InChI=1S/C20H20N2O5S2/c1-4-29(24,25)18-8-6-5-7-14(18)19(23)22-20-21-16(12-28-20)15-11-13(26-2)9-10-17(15)27-3/h5-12H,4H2,1-3H3,(H,21,22,23). The van der Waals surface area contributed by atoms with Crippen LogP contribution in [0.1, 0.15) is 17.3 Å². The highest BCUT2D eigenvalue weighted by Gasteiger charge is 2.21. The van der Waals surface area contributed by atoms with Crippen LogP contribution in [0.3, 0.4) is 0 Å². The number of benzene rings is 2. The molecule has 9 heteroatoms. The molecule has 0 saturated heterocycles. The van der Waals surface area contributed by atoms with E-state index in [9.17, 15) is 13.2 Å². The van der Waals surface area contributed by atoms with E-state index in [0.717, 1.165) is 5.56 Å². The van der Waals surface area contributed by atoms with Crippen molar-refractivity contribution in [1.82, 2.24) is 4.98 Å². The quantitative estimate of drug-likeness (QED) is 0.609. The van der Waals surface area contributed by atoms with E-state index < -0.39 is 15.7 Å². The lowest BCUT2D eigenvalue weighted by Gasteiger charge is -2.09. The zero-order valence-corrected chi connectivity index (χ0v) is 17.8. The molecule has 1 N–H and O–H groups in total. The molecule has 1 heterocycles. The summed E-state index contributed by atoms with van der Waals surface area (Å²) in [6.45, 7) is 1.54. The predicted octanol–water partition coefficient (Wildman–Crippen LogP) is 3.87. The zero-order chi connectivity index (χ0) is 21.0. The van der Waals surface area contributed by atoms with Gasteiger partial charge in [-0.2, -0.15) is 0 Å². The average molecular weight is 433 g/mol. The Morgan fingerprint density at radius 2 is 1.90 bits per heavy atom. The van der Waals surface area contributed by atoms with Gasteiger partial charge in [-0.3, -0.25) is 10.1 Å². The molecule has 2 aromatic carbocycles. The summed E-state index contributed by atoms with van der Waals surface area (Å²) in [6, 6.07) is 11.5. The van der Waals surface area contributed by atoms with E-state index >= 15 is 0 Å². The highest BCUT2D eigenvalue weighted by atomic mass is 32.2. The van der Waals surface area contributed by atoms with Crippen molar-refractivity contribution in [3.8, 4) is 22.8 Å². The number of nitrogens with one attached hydrogen (secondary N) is 1. The van der Waals surface area contributed by atoms with Gasteiger partial charge in [-0.05, 0) is 30.3 Å². The molecule has 0 radical (unpaired) electrons. The second-order valence-electron chi connectivity index (χ2n) is 5.96. The predicted molar refractivity (Wildman–Crippen MR) is 113 cm³/mol. The normalized spacial score (nSPS) is 11.1. The van der Waals surface area contributed by atoms with Crippen molar-refractivity contribution < 1.29 is 22.7 Å². The Kier molecular flexibility index (Phi) is 6.19. The molecular formula is C20H20N2O5S2. The molecule has 0 unspecified atom stereocenters. The van der Waals surface area contributed by atoms with Crippen LogP contribution in [-0.4, -0.2) is 39.3 Å². The molecule has 0 spiro atoms. The maximum absolute atomic E-state index is 12.7. The number of thiazole rings is 1. The number of sulfone groups is 1. The molecule has 0 aliphatic heterocycles. The fourth-order valence-electron chi connectivity index (χ4n) is 2.71. The minimum Gasteiger partial charge on any atom is -0.497 e. The van der Waals surface area contributed by atoms with Gasteiger partial charge in [0.2, 0.25) is 0 Å². The SMILES string of the molecule is CCS(=O)(=O)c1ccccc1C(=O)Nc1nc(-c2cc(OC)ccc2OC)cs1. The second kappa shape index (κ2) is 8.62. The van der Waals surface area contributed by atoms with Gasteiger partial charge < -0.3 is 9.47 Å². The first-order valence-corrected chi connectivity index (χ1v) is 11.2. The van der Waals surface area contributed by atoms with Gasteiger partial charge in [0.1, 0.15) is 11.5 Å². The lowest BCUT2D eigenvalue weighted by atomic mass is 10.1. The van der Waals surface area contributed by atoms with Crippen molar-refractivity contribution in [3.63, 3.8) is 0 Å². The Morgan fingerprint density at radius 3 is 2.59 bits per heavy atom. The van der Waals surface area contributed by atoms with Crippen LogP contribution in [-0.2, 0) is 9.84 Å². The summed E-state index contributed by atoms with van der Waals surface area (Å²) < 4.78 is 35.2. The summed E-state index contributed by atoms with van der Waals surface area (Å²) in [5.41, 5.74) is 1.41. The Balaban J connectivity index is 1.90. The number of amides is 1. The van der Waals surface area contributed by atoms with Crippen LogP contribution in [0.4, 0.5) is 5.13 Å². The van der Waals surface area contributed by atoms with E-state index in [4.69, 9.17) is 9.47 Å². The lowest BCUT2D eigenvalue weighted by Crippen LogP contribution is -2.17.